The van der Waals surface area contributed by atoms with Crippen molar-refractivity contribution in [3.05, 3.63) is 95.6 Å². The molecule has 1 unspecified atom stereocenters. The van der Waals surface area contributed by atoms with E-state index in [9.17, 15) is 19.5 Å². The van der Waals surface area contributed by atoms with E-state index in [2.05, 4.69) is 17.4 Å². The average Bonchev–Trinajstić information content (AvgIpc) is 3.24. The Hall–Kier alpha value is -4.17. The fraction of sp³-hybridized carbons (Fsp3) is 0.323. The van der Waals surface area contributed by atoms with E-state index >= 15 is 0 Å². The zero-order valence-electron chi connectivity index (χ0n) is 22.8. The molecule has 0 radical (unpaired) electrons. The number of carbonyl (C=O) groups excluding carboxylic acids is 2. The summed E-state index contributed by atoms with van der Waals surface area (Å²) in [4.78, 5) is 41.4. The molecule has 3 aromatic carbocycles. The summed E-state index contributed by atoms with van der Waals surface area (Å²) in [6, 6.07) is 24.8. The molecule has 0 heterocycles. The lowest BCUT2D eigenvalue weighted by molar-refractivity contribution is -0.156. The van der Waals surface area contributed by atoms with Gasteiger partial charge in [-0.15, -0.1) is 0 Å². The van der Waals surface area contributed by atoms with Crippen LogP contribution in [-0.4, -0.2) is 71.7 Å². The van der Waals surface area contributed by atoms with Gasteiger partial charge in [-0.2, -0.15) is 0 Å². The van der Waals surface area contributed by atoms with Crippen LogP contribution in [-0.2, 0) is 20.9 Å². The van der Waals surface area contributed by atoms with Crippen LogP contribution in [0.5, 0.6) is 0 Å². The molecule has 0 bridgehead atoms. The lowest BCUT2D eigenvalue weighted by atomic mass is 9.98. The fourth-order valence-corrected chi connectivity index (χ4v) is 4.89. The molecule has 2 N–H and O–H groups in total. The van der Waals surface area contributed by atoms with Gasteiger partial charge in [-0.05, 0) is 48.7 Å². The van der Waals surface area contributed by atoms with Crippen molar-refractivity contribution >= 4 is 18.0 Å². The molecule has 0 saturated carbocycles. The van der Waals surface area contributed by atoms with Crippen molar-refractivity contribution < 1.29 is 24.2 Å². The molecule has 0 saturated heterocycles. The van der Waals surface area contributed by atoms with Crippen LogP contribution in [0.4, 0.5) is 4.79 Å². The third-order valence-corrected chi connectivity index (χ3v) is 7.42. The SMILES string of the molecule is CN(Cc1ccccc1)CC(NC(=O)OCC1c2ccccc2-c2ccccc21)C(=O)N(C)C(C)(C)C(=O)O. The van der Waals surface area contributed by atoms with E-state index in [0.29, 0.717) is 6.54 Å². The maximum atomic E-state index is 13.5. The van der Waals surface area contributed by atoms with Crippen LogP contribution < -0.4 is 5.32 Å². The minimum Gasteiger partial charge on any atom is -0.480 e. The smallest absolute Gasteiger partial charge is 0.407 e. The van der Waals surface area contributed by atoms with E-state index in [0.717, 1.165) is 32.7 Å². The summed E-state index contributed by atoms with van der Waals surface area (Å²) in [5.74, 6) is -1.78. The van der Waals surface area contributed by atoms with Gasteiger partial charge in [0.25, 0.3) is 0 Å². The quantitative estimate of drug-likeness (QED) is 0.405. The zero-order valence-corrected chi connectivity index (χ0v) is 22.8. The number of aliphatic carboxylic acids is 1. The Morgan fingerprint density at radius 3 is 2.00 bits per heavy atom. The lowest BCUT2D eigenvalue weighted by Crippen LogP contribution is -2.59. The van der Waals surface area contributed by atoms with Crippen LogP contribution in [0.15, 0.2) is 78.9 Å². The Balaban J connectivity index is 1.48. The number of nitrogens with one attached hydrogen (secondary N) is 1. The third-order valence-electron chi connectivity index (χ3n) is 7.42. The number of rotatable bonds is 10. The standard InChI is InChI=1S/C31H35N3O5/c1-31(2,29(36)37)34(4)28(35)27(19-33(3)18-21-12-6-5-7-13-21)32-30(38)39-20-26-24-16-10-8-14-22(24)23-15-9-11-17-25(23)26/h5-17,26-27H,18-20H2,1-4H3,(H,32,38)(H,36,37). The molecule has 39 heavy (non-hydrogen) atoms. The molecule has 1 atom stereocenters. The summed E-state index contributed by atoms with van der Waals surface area (Å²) < 4.78 is 5.68. The highest BCUT2D eigenvalue weighted by molar-refractivity contribution is 5.91. The Morgan fingerprint density at radius 1 is 0.897 bits per heavy atom. The molecule has 3 aromatic rings. The Labute approximate surface area is 229 Å². The van der Waals surface area contributed by atoms with Crippen molar-refractivity contribution in [3.63, 3.8) is 0 Å². The summed E-state index contributed by atoms with van der Waals surface area (Å²) in [7, 11) is 3.27. The van der Waals surface area contributed by atoms with E-state index in [1.54, 1.807) is 0 Å². The average molecular weight is 530 g/mol. The van der Waals surface area contributed by atoms with E-state index in [1.807, 2.05) is 78.7 Å². The molecule has 204 valence electrons. The molecule has 0 aromatic heterocycles. The third kappa shape index (κ3) is 6.12. The predicted octanol–water partition coefficient (Wildman–Crippen LogP) is 4.35. The Kier molecular flexibility index (Phi) is 8.35. The number of carboxylic acids is 1. The van der Waals surface area contributed by atoms with Crippen LogP contribution in [0, 0.1) is 0 Å². The molecule has 1 aliphatic rings. The minimum atomic E-state index is -1.46. The largest absolute Gasteiger partial charge is 0.480 e. The number of likely N-dealkylation sites (N-methyl/N-ethyl adjacent to an activating group) is 2. The van der Waals surface area contributed by atoms with Gasteiger partial charge in [-0.25, -0.2) is 9.59 Å². The number of carboxylic acid groups (broad SMARTS) is 1. The van der Waals surface area contributed by atoms with Crippen LogP contribution in [0.2, 0.25) is 0 Å². The highest BCUT2D eigenvalue weighted by Crippen LogP contribution is 2.44. The first-order chi connectivity index (χ1) is 18.6. The number of nitrogens with zero attached hydrogens (tertiary/aromatic N) is 2. The normalized spacial score (nSPS) is 13.4. The van der Waals surface area contributed by atoms with Gasteiger partial charge < -0.3 is 20.1 Å². The highest BCUT2D eigenvalue weighted by atomic mass is 16.5. The fourth-order valence-electron chi connectivity index (χ4n) is 4.89. The Bertz CT molecular complexity index is 1300. The molecular weight excluding hydrogens is 494 g/mol. The van der Waals surface area contributed by atoms with Gasteiger partial charge in [0, 0.05) is 26.1 Å². The second kappa shape index (κ2) is 11.7. The number of amides is 2. The van der Waals surface area contributed by atoms with Crippen molar-refractivity contribution in [1.29, 1.82) is 0 Å². The van der Waals surface area contributed by atoms with E-state index in [1.165, 1.54) is 20.9 Å². The first kappa shape index (κ1) is 27.9. The molecule has 4 rings (SSSR count). The highest BCUT2D eigenvalue weighted by Gasteiger charge is 2.39. The first-order valence-electron chi connectivity index (χ1n) is 12.9. The number of hydrogen-bond donors (Lipinski definition) is 2. The maximum Gasteiger partial charge on any atom is 0.407 e. The van der Waals surface area contributed by atoms with Crippen LogP contribution in [0.1, 0.15) is 36.5 Å². The predicted molar refractivity (Wildman–Crippen MR) is 149 cm³/mol. The molecule has 0 spiro atoms. The number of ether oxygens (including phenoxy) is 1. The summed E-state index contributed by atoms with van der Waals surface area (Å²) in [5.41, 5.74) is 4.00. The molecule has 8 nitrogen and oxygen atoms in total. The van der Waals surface area contributed by atoms with Gasteiger partial charge in [0.15, 0.2) is 0 Å². The van der Waals surface area contributed by atoms with Crippen molar-refractivity contribution in [2.75, 3.05) is 27.2 Å². The van der Waals surface area contributed by atoms with E-state index in [-0.39, 0.29) is 19.1 Å². The van der Waals surface area contributed by atoms with Gasteiger partial charge in [0.05, 0.1) is 0 Å². The molecular formula is C31H35N3O5. The van der Waals surface area contributed by atoms with Crippen LogP contribution >= 0.6 is 0 Å². The number of fused-ring (bicyclic) bond motifs is 3. The van der Waals surface area contributed by atoms with Gasteiger partial charge in [-0.3, -0.25) is 9.69 Å². The topological polar surface area (TPSA) is 99.2 Å². The maximum absolute atomic E-state index is 13.5. The van der Waals surface area contributed by atoms with E-state index in [4.69, 9.17) is 4.74 Å². The first-order valence-corrected chi connectivity index (χ1v) is 12.9. The summed E-state index contributed by atoms with van der Waals surface area (Å²) >= 11 is 0. The van der Waals surface area contributed by atoms with Gasteiger partial charge in [-0.1, -0.05) is 78.9 Å². The van der Waals surface area contributed by atoms with Crippen LogP contribution in [0.25, 0.3) is 11.1 Å². The second-order valence-electron chi connectivity index (χ2n) is 10.5. The molecule has 0 aliphatic heterocycles. The summed E-state index contributed by atoms with van der Waals surface area (Å²) in [5, 5.41) is 12.4. The van der Waals surface area contributed by atoms with Gasteiger partial charge in [0.1, 0.15) is 18.2 Å². The number of carbonyl (C=O) groups is 3. The summed E-state index contributed by atoms with van der Waals surface area (Å²) in [6.07, 6.45) is -0.732. The van der Waals surface area contributed by atoms with Crippen molar-refractivity contribution in [2.45, 2.75) is 37.9 Å². The van der Waals surface area contributed by atoms with Gasteiger partial charge in [0.2, 0.25) is 5.91 Å². The Morgan fingerprint density at radius 2 is 1.44 bits per heavy atom. The number of benzene rings is 3. The van der Waals surface area contributed by atoms with E-state index < -0.39 is 29.6 Å². The number of hydrogen-bond acceptors (Lipinski definition) is 5. The van der Waals surface area contributed by atoms with Crippen molar-refractivity contribution in [3.8, 4) is 11.1 Å². The number of alkyl carbamates (subject to hydrolysis) is 1. The molecule has 8 heteroatoms. The zero-order chi connectivity index (χ0) is 28.2. The van der Waals surface area contributed by atoms with Crippen molar-refractivity contribution in [1.82, 2.24) is 15.1 Å². The lowest BCUT2D eigenvalue weighted by Gasteiger charge is -2.35. The minimum absolute atomic E-state index is 0.108. The second-order valence-corrected chi connectivity index (χ2v) is 10.5. The monoisotopic (exact) mass is 529 g/mol. The summed E-state index contributed by atoms with van der Waals surface area (Å²) in [6.45, 7) is 3.72. The molecule has 1 aliphatic carbocycles. The van der Waals surface area contributed by atoms with Crippen molar-refractivity contribution in [2.24, 2.45) is 0 Å². The van der Waals surface area contributed by atoms with Gasteiger partial charge >= 0.3 is 12.1 Å². The molecule has 0 fully saturated rings. The van der Waals surface area contributed by atoms with Crippen LogP contribution in [0.3, 0.4) is 0 Å². The molecule has 2 amide bonds.